The molecule has 1 heterocycles. The van der Waals surface area contributed by atoms with Gasteiger partial charge in [-0.05, 0) is 0 Å². The number of sulfone groups is 1. The number of carbonyl (C=O) groups excluding carboxylic acids is 2. The quantitative estimate of drug-likeness (QED) is 0.631. The molecule has 1 N–H and O–H groups in total. The van der Waals surface area contributed by atoms with Crippen molar-refractivity contribution in [2.75, 3.05) is 44.4 Å². The minimum atomic E-state index is -3.26. The lowest BCUT2D eigenvalue weighted by molar-refractivity contribution is -0.107. The number of urea groups is 1. The second kappa shape index (κ2) is 7.32. The number of morpholine rings is 1. The maximum atomic E-state index is 11.6. The van der Waals surface area contributed by atoms with Crippen LogP contribution in [0.2, 0.25) is 0 Å². The molecule has 0 unspecified atom stereocenters. The highest BCUT2D eigenvalue weighted by Crippen LogP contribution is 1.97. The van der Waals surface area contributed by atoms with Gasteiger partial charge in [0, 0.05) is 26.1 Å². The van der Waals surface area contributed by atoms with Gasteiger partial charge in [0.05, 0.1) is 24.7 Å². The molecular formula is C10H18N2O5S. The molecule has 7 nitrogen and oxygen atoms in total. The van der Waals surface area contributed by atoms with Gasteiger partial charge in [-0.25, -0.2) is 13.2 Å². The Hall–Kier alpha value is -1.15. The minimum Gasteiger partial charge on any atom is -0.378 e. The molecule has 104 valence electrons. The summed E-state index contributed by atoms with van der Waals surface area (Å²) in [7, 11) is -3.26. The molecule has 1 aliphatic rings. The maximum absolute atomic E-state index is 11.6. The summed E-state index contributed by atoms with van der Waals surface area (Å²) in [5.41, 5.74) is 0. The number of carbonyl (C=O) groups is 2. The molecule has 0 aromatic heterocycles. The number of ether oxygens (including phenoxy) is 1. The Balaban J connectivity index is 2.24. The van der Waals surface area contributed by atoms with Crippen molar-refractivity contribution in [3.63, 3.8) is 0 Å². The van der Waals surface area contributed by atoms with Crippen molar-refractivity contribution in [2.24, 2.45) is 0 Å². The van der Waals surface area contributed by atoms with Crippen LogP contribution in [0, 0.1) is 0 Å². The van der Waals surface area contributed by atoms with E-state index in [1.807, 2.05) is 0 Å². The van der Waals surface area contributed by atoms with Gasteiger partial charge < -0.3 is 19.7 Å². The standard InChI is InChI=1S/C10H18N2O5S/c13-5-1-8-18(15,16)9-2-11-10(14)12-3-6-17-7-4-12/h5H,1-4,6-9H2,(H,11,14). The molecule has 1 saturated heterocycles. The molecule has 18 heavy (non-hydrogen) atoms. The summed E-state index contributed by atoms with van der Waals surface area (Å²) in [6.45, 7) is 2.11. The van der Waals surface area contributed by atoms with Gasteiger partial charge in [-0.2, -0.15) is 0 Å². The average molecular weight is 278 g/mol. The molecule has 1 aliphatic heterocycles. The van der Waals surface area contributed by atoms with Gasteiger partial charge in [0.15, 0.2) is 9.84 Å². The first-order valence-corrected chi connectivity index (χ1v) is 7.62. The van der Waals surface area contributed by atoms with Crippen LogP contribution in [0.4, 0.5) is 4.79 Å². The monoisotopic (exact) mass is 278 g/mol. The van der Waals surface area contributed by atoms with E-state index in [9.17, 15) is 18.0 Å². The highest BCUT2D eigenvalue weighted by molar-refractivity contribution is 7.91. The normalized spacial score (nSPS) is 16.3. The van der Waals surface area contributed by atoms with E-state index >= 15 is 0 Å². The summed E-state index contributed by atoms with van der Waals surface area (Å²) in [4.78, 5) is 23.3. The summed E-state index contributed by atoms with van der Waals surface area (Å²) in [6.07, 6.45) is 0.573. The Bertz CT molecular complexity index is 376. The van der Waals surface area contributed by atoms with Crippen LogP contribution < -0.4 is 5.32 Å². The molecule has 2 amide bonds. The summed E-state index contributed by atoms with van der Waals surface area (Å²) in [5, 5.41) is 2.55. The first-order chi connectivity index (χ1) is 8.55. The second-order valence-corrected chi connectivity index (χ2v) is 6.24. The smallest absolute Gasteiger partial charge is 0.317 e. The Morgan fingerprint density at radius 2 is 1.94 bits per heavy atom. The largest absolute Gasteiger partial charge is 0.378 e. The van der Waals surface area contributed by atoms with E-state index in [-0.39, 0.29) is 30.5 Å². The van der Waals surface area contributed by atoms with E-state index in [1.165, 1.54) is 0 Å². The molecule has 0 saturated carbocycles. The topological polar surface area (TPSA) is 92.8 Å². The zero-order valence-electron chi connectivity index (χ0n) is 10.1. The van der Waals surface area contributed by atoms with Crippen molar-refractivity contribution in [3.05, 3.63) is 0 Å². The molecule has 0 atom stereocenters. The number of nitrogens with zero attached hydrogens (tertiary/aromatic N) is 1. The van der Waals surface area contributed by atoms with Gasteiger partial charge in [-0.1, -0.05) is 0 Å². The first kappa shape index (κ1) is 14.9. The third-order valence-corrected chi connectivity index (χ3v) is 4.22. The number of aldehydes is 1. The van der Waals surface area contributed by atoms with E-state index in [1.54, 1.807) is 4.90 Å². The van der Waals surface area contributed by atoms with Crippen molar-refractivity contribution in [3.8, 4) is 0 Å². The summed E-state index contributed by atoms with van der Waals surface area (Å²) < 4.78 is 27.9. The van der Waals surface area contributed by atoms with Crippen LogP contribution >= 0.6 is 0 Å². The lowest BCUT2D eigenvalue weighted by atomic mass is 10.4. The van der Waals surface area contributed by atoms with Crippen LogP contribution in [0.5, 0.6) is 0 Å². The van der Waals surface area contributed by atoms with Crippen molar-refractivity contribution in [2.45, 2.75) is 6.42 Å². The van der Waals surface area contributed by atoms with E-state index in [0.29, 0.717) is 32.6 Å². The minimum absolute atomic E-state index is 0.000254. The van der Waals surface area contributed by atoms with Crippen LogP contribution in [0.1, 0.15) is 6.42 Å². The molecule has 0 aromatic rings. The summed E-state index contributed by atoms with van der Waals surface area (Å²) in [6, 6.07) is -0.274. The predicted octanol–water partition coefficient (Wildman–Crippen LogP) is -0.968. The van der Waals surface area contributed by atoms with Crippen molar-refractivity contribution in [1.82, 2.24) is 10.2 Å². The summed E-state index contributed by atoms with van der Waals surface area (Å²) in [5.74, 6) is -0.305. The van der Waals surface area contributed by atoms with Crippen LogP contribution in [0.15, 0.2) is 0 Å². The summed E-state index contributed by atoms with van der Waals surface area (Å²) >= 11 is 0. The zero-order chi connectivity index (χ0) is 13.4. The van der Waals surface area contributed by atoms with Crippen LogP contribution in [-0.4, -0.2) is 70.0 Å². The Morgan fingerprint density at radius 3 is 2.56 bits per heavy atom. The highest BCUT2D eigenvalue weighted by atomic mass is 32.2. The van der Waals surface area contributed by atoms with Crippen LogP contribution in [0.3, 0.4) is 0 Å². The fraction of sp³-hybridized carbons (Fsp3) is 0.800. The van der Waals surface area contributed by atoms with Crippen molar-refractivity contribution < 1.29 is 22.7 Å². The van der Waals surface area contributed by atoms with E-state index in [2.05, 4.69) is 5.32 Å². The zero-order valence-corrected chi connectivity index (χ0v) is 10.9. The molecule has 0 aliphatic carbocycles. The number of rotatable bonds is 6. The van der Waals surface area contributed by atoms with Crippen molar-refractivity contribution in [1.29, 1.82) is 0 Å². The Labute approximate surface area is 106 Å². The van der Waals surface area contributed by atoms with E-state index in [4.69, 9.17) is 4.74 Å². The Kier molecular flexibility index (Phi) is 6.06. The van der Waals surface area contributed by atoms with Crippen LogP contribution in [-0.2, 0) is 19.4 Å². The van der Waals surface area contributed by atoms with E-state index < -0.39 is 9.84 Å². The SMILES string of the molecule is O=CCCS(=O)(=O)CCNC(=O)N1CCOCC1. The third kappa shape index (κ3) is 5.46. The Morgan fingerprint density at radius 1 is 1.28 bits per heavy atom. The maximum Gasteiger partial charge on any atom is 0.317 e. The highest BCUT2D eigenvalue weighted by Gasteiger charge is 2.17. The van der Waals surface area contributed by atoms with Crippen molar-refractivity contribution >= 4 is 22.2 Å². The molecule has 1 rings (SSSR count). The van der Waals surface area contributed by atoms with Crippen LogP contribution in [0.25, 0.3) is 0 Å². The average Bonchev–Trinajstić information content (AvgIpc) is 2.37. The van der Waals surface area contributed by atoms with Gasteiger partial charge >= 0.3 is 6.03 Å². The number of nitrogens with one attached hydrogen (secondary N) is 1. The molecule has 1 fully saturated rings. The fourth-order valence-corrected chi connectivity index (χ4v) is 2.59. The van der Waals surface area contributed by atoms with E-state index in [0.717, 1.165) is 0 Å². The number of amides is 2. The fourth-order valence-electron chi connectivity index (χ4n) is 1.52. The lowest BCUT2D eigenvalue weighted by Crippen LogP contribution is -2.47. The molecule has 0 spiro atoms. The predicted molar refractivity (Wildman–Crippen MR) is 65.1 cm³/mol. The van der Waals surface area contributed by atoms with Gasteiger partial charge in [0.2, 0.25) is 0 Å². The molecule has 8 heteroatoms. The number of hydrogen-bond acceptors (Lipinski definition) is 5. The van der Waals surface area contributed by atoms with Gasteiger partial charge in [0.25, 0.3) is 0 Å². The molecule has 0 radical (unpaired) electrons. The van der Waals surface area contributed by atoms with Gasteiger partial charge in [0.1, 0.15) is 6.29 Å². The lowest BCUT2D eigenvalue weighted by Gasteiger charge is -2.26. The molecular weight excluding hydrogens is 260 g/mol. The second-order valence-electron chi connectivity index (χ2n) is 3.94. The first-order valence-electron chi connectivity index (χ1n) is 5.80. The number of hydrogen-bond donors (Lipinski definition) is 1. The van der Waals surface area contributed by atoms with Gasteiger partial charge in [-0.15, -0.1) is 0 Å². The molecule has 0 aromatic carbocycles. The third-order valence-electron chi connectivity index (χ3n) is 2.53. The molecule has 0 bridgehead atoms. The van der Waals surface area contributed by atoms with Gasteiger partial charge in [-0.3, -0.25) is 0 Å².